The molecule has 0 spiro atoms. The van der Waals surface area contributed by atoms with Gasteiger partial charge in [-0.2, -0.15) is 5.10 Å². The van der Waals surface area contributed by atoms with Crippen LogP contribution in [-0.4, -0.2) is 65.0 Å². The van der Waals surface area contributed by atoms with Gasteiger partial charge in [-0.15, -0.1) is 0 Å². The van der Waals surface area contributed by atoms with Crippen molar-refractivity contribution in [2.24, 2.45) is 0 Å². The molecule has 1 unspecified atom stereocenters. The Morgan fingerprint density at radius 1 is 1.29 bits per heavy atom. The molecule has 1 atom stereocenters. The molecule has 2 aliphatic heterocycles. The van der Waals surface area contributed by atoms with E-state index in [1.54, 1.807) is 0 Å². The van der Waals surface area contributed by atoms with Crippen LogP contribution in [0.5, 0.6) is 0 Å². The summed E-state index contributed by atoms with van der Waals surface area (Å²) in [6, 6.07) is 3.34. The molecule has 5 nitrogen and oxygen atoms in total. The predicted molar refractivity (Wildman–Crippen MR) is 83.3 cm³/mol. The SMILES string of the molecule is CCN(CC)CC1CN(C2CCOCC2)Cc2ccnn21. The molecule has 0 radical (unpaired) electrons. The topological polar surface area (TPSA) is 33.5 Å². The second-order valence-electron chi connectivity index (χ2n) is 6.18. The molecule has 118 valence electrons. The van der Waals surface area contributed by atoms with E-state index in [4.69, 9.17) is 4.74 Å². The maximum absolute atomic E-state index is 5.52. The molecular formula is C16H28N4O. The minimum absolute atomic E-state index is 0.478. The Hall–Kier alpha value is -0.910. The van der Waals surface area contributed by atoms with Crippen LogP contribution in [-0.2, 0) is 11.3 Å². The smallest absolute Gasteiger partial charge is 0.0776 e. The molecule has 1 fully saturated rings. The Morgan fingerprint density at radius 2 is 2.05 bits per heavy atom. The molecule has 1 aromatic rings. The zero-order valence-corrected chi connectivity index (χ0v) is 13.4. The molecular weight excluding hydrogens is 264 g/mol. The van der Waals surface area contributed by atoms with Crippen molar-refractivity contribution in [3.63, 3.8) is 0 Å². The van der Waals surface area contributed by atoms with Crippen molar-refractivity contribution in [1.29, 1.82) is 0 Å². The largest absolute Gasteiger partial charge is 0.381 e. The van der Waals surface area contributed by atoms with Crippen molar-refractivity contribution >= 4 is 0 Å². The summed E-state index contributed by atoms with van der Waals surface area (Å²) in [6.07, 6.45) is 4.30. The van der Waals surface area contributed by atoms with Crippen molar-refractivity contribution in [2.75, 3.05) is 39.4 Å². The van der Waals surface area contributed by atoms with Gasteiger partial charge in [-0.25, -0.2) is 0 Å². The molecule has 1 saturated heterocycles. The fourth-order valence-electron chi connectivity index (χ4n) is 3.66. The van der Waals surface area contributed by atoms with Crippen LogP contribution in [0.25, 0.3) is 0 Å². The molecule has 0 saturated carbocycles. The van der Waals surface area contributed by atoms with E-state index in [1.165, 1.54) is 18.5 Å². The van der Waals surface area contributed by atoms with Gasteiger partial charge in [0.25, 0.3) is 0 Å². The molecule has 0 amide bonds. The first-order valence-electron chi connectivity index (χ1n) is 8.38. The quantitative estimate of drug-likeness (QED) is 0.828. The molecule has 5 heteroatoms. The second kappa shape index (κ2) is 6.90. The van der Waals surface area contributed by atoms with E-state index in [9.17, 15) is 0 Å². The van der Waals surface area contributed by atoms with Crippen molar-refractivity contribution < 1.29 is 4.74 Å². The van der Waals surface area contributed by atoms with Crippen LogP contribution in [0, 0.1) is 0 Å². The molecule has 0 bridgehead atoms. The van der Waals surface area contributed by atoms with Gasteiger partial charge in [0.2, 0.25) is 0 Å². The van der Waals surface area contributed by atoms with Crippen molar-refractivity contribution in [2.45, 2.75) is 45.3 Å². The Labute approximate surface area is 127 Å². The second-order valence-corrected chi connectivity index (χ2v) is 6.18. The van der Waals surface area contributed by atoms with E-state index in [1.807, 2.05) is 6.20 Å². The third kappa shape index (κ3) is 3.30. The Balaban J connectivity index is 1.73. The van der Waals surface area contributed by atoms with Gasteiger partial charge in [0, 0.05) is 45.1 Å². The lowest BCUT2D eigenvalue weighted by molar-refractivity contribution is 0.0132. The summed E-state index contributed by atoms with van der Waals surface area (Å²) in [6.45, 7) is 11.8. The van der Waals surface area contributed by atoms with Crippen LogP contribution in [0.3, 0.4) is 0 Å². The van der Waals surface area contributed by atoms with E-state index in [-0.39, 0.29) is 0 Å². The molecule has 3 rings (SSSR count). The van der Waals surface area contributed by atoms with Crippen LogP contribution >= 0.6 is 0 Å². The number of rotatable bonds is 5. The van der Waals surface area contributed by atoms with Gasteiger partial charge in [-0.1, -0.05) is 13.8 Å². The minimum Gasteiger partial charge on any atom is -0.381 e. The fraction of sp³-hybridized carbons (Fsp3) is 0.812. The summed E-state index contributed by atoms with van der Waals surface area (Å²) in [7, 11) is 0. The number of ether oxygens (including phenoxy) is 1. The first-order chi connectivity index (χ1) is 10.3. The lowest BCUT2D eigenvalue weighted by Gasteiger charge is -2.41. The van der Waals surface area contributed by atoms with E-state index < -0.39 is 0 Å². The Morgan fingerprint density at radius 3 is 2.76 bits per heavy atom. The van der Waals surface area contributed by atoms with Gasteiger partial charge in [0.05, 0.1) is 11.7 Å². The van der Waals surface area contributed by atoms with Gasteiger partial charge in [0.1, 0.15) is 0 Å². The summed E-state index contributed by atoms with van der Waals surface area (Å²) in [5.41, 5.74) is 1.37. The van der Waals surface area contributed by atoms with E-state index in [0.29, 0.717) is 12.1 Å². The van der Waals surface area contributed by atoms with E-state index >= 15 is 0 Å². The zero-order chi connectivity index (χ0) is 14.7. The van der Waals surface area contributed by atoms with Crippen LogP contribution in [0.4, 0.5) is 0 Å². The van der Waals surface area contributed by atoms with Gasteiger partial charge >= 0.3 is 0 Å². The average molecular weight is 292 g/mol. The average Bonchev–Trinajstić information content (AvgIpc) is 3.02. The van der Waals surface area contributed by atoms with Gasteiger partial charge in [-0.05, 0) is 32.0 Å². The third-order valence-electron chi connectivity index (χ3n) is 4.98. The number of likely N-dealkylation sites (N-methyl/N-ethyl adjacent to an activating group) is 1. The number of aromatic nitrogens is 2. The Kier molecular flexibility index (Phi) is 4.93. The minimum atomic E-state index is 0.478. The lowest BCUT2D eigenvalue weighted by Crippen LogP contribution is -2.48. The normalized spacial score (nSPS) is 24.4. The summed E-state index contributed by atoms with van der Waals surface area (Å²) in [4.78, 5) is 5.16. The number of nitrogens with zero attached hydrogens (tertiary/aromatic N) is 4. The van der Waals surface area contributed by atoms with Crippen LogP contribution in [0.1, 0.15) is 38.4 Å². The highest BCUT2D eigenvalue weighted by Crippen LogP contribution is 2.26. The zero-order valence-electron chi connectivity index (χ0n) is 13.4. The van der Waals surface area contributed by atoms with Crippen molar-refractivity contribution in [1.82, 2.24) is 19.6 Å². The Bertz CT molecular complexity index is 437. The molecule has 1 aromatic heterocycles. The molecule has 0 aliphatic carbocycles. The summed E-state index contributed by atoms with van der Waals surface area (Å²) < 4.78 is 7.78. The summed E-state index contributed by atoms with van der Waals surface area (Å²) in [5.74, 6) is 0. The number of fused-ring (bicyclic) bond motifs is 1. The van der Waals surface area contributed by atoms with Gasteiger partial charge in [-0.3, -0.25) is 9.58 Å². The highest BCUT2D eigenvalue weighted by Gasteiger charge is 2.31. The molecule has 3 heterocycles. The van der Waals surface area contributed by atoms with E-state index in [2.05, 4.69) is 39.5 Å². The molecule has 0 N–H and O–H groups in total. The first-order valence-corrected chi connectivity index (χ1v) is 8.38. The first kappa shape index (κ1) is 15.0. The van der Waals surface area contributed by atoms with Crippen LogP contribution in [0.15, 0.2) is 12.3 Å². The highest BCUT2D eigenvalue weighted by atomic mass is 16.5. The van der Waals surface area contributed by atoms with Gasteiger partial charge in [0.15, 0.2) is 0 Å². The highest BCUT2D eigenvalue weighted by molar-refractivity contribution is 5.06. The maximum atomic E-state index is 5.52. The van der Waals surface area contributed by atoms with Crippen LogP contribution < -0.4 is 0 Å². The monoisotopic (exact) mass is 292 g/mol. The fourth-order valence-corrected chi connectivity index (χ4v) is 3.66. The molecule has 2 aliphatic rings. The van der Waals surface area contributed by atoms with Crippen LogP contribution in [0.2, 0.25) is 0 Å². The van der Waals surface area contributed by atoms with Crippen molar-refractivity contribution in [3.05, 3.63) is 18.0 Å². The number of hydrogen-bond acceptors (Lipinski definition) is 4. The standard InChI is InChI=1S/C16H28N4O/c1-3-18(4-2)11-16-13-19(14-6-9-21-10-7-14)12-15-5-8-17-20(15)16/h5,8,14,16H,3-4,6-7,9-13H2,1-2H3. The maximum Gasteiger partial charge on any atom is 0.0776 e. The summed E-state index contributed by atoms with van der Waals surface area (Å²) in [5, 5.41) is 4.58. The van der Waals surface area contributed by atoms with Gasteiger partial charge < -0.3 is 9.64 Å². The summed E-state index contributed by atoms with van der Waals surface area (Å²) >= 11 is 0. The van der Waals surface area contributed by atoms with Crippen molar-refractivity contribution in [3.8, 4) is 0 Å². The molecule has 0 aromatic carbocycles. The predicted octanol–water partition coefficient (Wildman–Crippen LogP) is 1.76. The van der Waals surface area contributed by atoms with E-state index in [0.717, 1.165) is 45.9 Å². The lowest BCUT2D eigenvalue weighted by atomic mass is 10.0. The third-order valence-corrected chi connectivity index (χ3v) is 4.98. The number of hydrogen-bond donors (Lipinski definition) is 0. The molecule has 21 heavy (non-hydrogen) atoms.